The molecule has 1 aromatic rings. The number of rotatable bonds is 2. The van der Waals surface area contributed by atoms with Gasteiger partial charge in [0, 0.05) is 0 Å². The van der Waals surface area contributed by atoms with Crippen LogP contribution in [0.1, 0.15) is 39.5 Å². The zero-order valence-corrected chi connectivity index (χ0v) is 10.5. The summed E-state index contributed by atoms with van der Waals surface area (Å²) in [5.74, 6) is 0.359. The van der Waals surface area contributed by atoms with Crippen LogP contribution in [0.3, 0.4) is 0 Å². The summed E-state index contributed by atoms with van der Waals surface area (Å²) >= 11 is 0. The Morgan fingerprint density at radius 3 is 2.65 bits per heavy atom. The van der Waals surface area contributed by atoms with Crippen molar-refractivity contribution in [2.75, 3.05) is 5.32 Å². The Morgan fingerprint density at radius 2 is 2.12 bits per heavy atom. The molecule has 94 valence electrons. The molecule has 0 aliphatic rings. The number of carbonyl (C=O) groups is 1. The smallest absolute Gasteiger partial charge is 0.413 e. The van der Waals surface area contributed by atoms with E-state index in [2.05, 4.69) is 10.3 Å². The molecule has 2 N–H and O–H groups in total. The van der Waals surface area contributed by atoms with E-state index < -0.39 is 17.8 Å². The predicted molar refractivity (Wildman–Crippen MR) is 64.7 cm³/mol. The van der Waals surface area contributed by atoms with Crippen LogP contribution in [0.25, 0.3) is 0 Å². The fourth-order valence-corrected chi connectivity index (χ4v) is 1.16. The lowest BCUT2D eigenvalue weighted by atomic mass is 10.2. The lowest BCUT2D eigenvalue weighted by Gasteiger charge is -2.19. The number of ether oxygens (including phenoxy) is 1. The van der Waals surface area contributed by atoms with Crippen molar-refractivity contribution in [3.05, 3.63) is 23.9 Å². The summed E-state index contributed by atoms with van der Waals surface area (Å²) in [6.07, 6.45) is -1.23. The van der Waals surface area contributed by atoms with Crippen LogP contribution in [-0.4, -0.2) is 21.8 Å². The van der Waals surface area contributed by atoms with Crippen molar-refractivity contribution in [1.82, 2.24) is 4.98 Å². The van der Waals surface area contributed by atoms with Crippen LogP contribution >= 0.6 is 0 Å². The van der Waals surface area contributed by atoms with Gasteiger partial charge in [-0.1, -0.05) is 6.07 Å². The van der Waals surface area contributed by atoms with Gasteiger partial charge in [-0.25, -0.2) is 9.78 Å². The lowest BCUT2D eigenvalue weighted by molar-refractivity contribution is 0.0635. The van der Waals surface area contributed by atoms with Crippen molar-refractivity contribution in [3.63, 3.8) is 0 Å². The monoisotopic (exact) mass is 238 g/mol. The lowest BCUT2D eigenvalue weighted by Crippen LogP contribution is -2.27. The molecule has 17 heavy (non-hydrogen) atoms. The van der Waals surface area contributed by atoms with E-state index in [1.807, 2.05) is 0 Å². The molecule has 0 aromatic carbocycles. The molecular formula is C12H18N2O3. The van der Waals surface area contributed by atoms with Gasteiger partial charge in [-0.05, 0) is 39.8 Å². The number of nitrogens with one attached hydrogen (secondary N) is 1. The highest BCUT2D eigenvalue weighted by Gasteiger charge is 2.16. The van der Waals surface area contributed by atoms with E-state index in [9.17, 15) is 9.90 Å². The summed E-state index contributed by atoms with van der Waals surface area (Å²) in [7, 11) is 0. The molecule has 1 atom stereocenters. The zero-order valence-electron chi connectivity index (χ0n) is 10.5. The minimum absolute atomic E-state index is 0.359. The number of pyridine rings is 1. The normalized spacial score (nSPS) is 13.0. The number of hydrogen-bond acceptors (Lipinski definition) is 4. The fraction of sp³-hybridized carbons (Fsp3) is 0.500. The largest absolute Gasteiger partial charge is 0.444 e. The molecule has 1 unspecified atom stereocenters. The molecule has 0 spiro atoms. The summed E-state index contributed by atoms with van der Waals surface area (Å²) in [5.41, 5.74) is -0.0510. The van der Waals surface area contributed by atoms with Gasteiger partial charge in [0.05, 0.1) is 11.8 Å². The Labute approximate surface area is 101 Å². The first-order chi connectivity index (χ1) is 7.78. The number of amides is 1. The van der Waals surface area contributed by atoms with Gasteiger partial charge in [-0.3, -0.25) is 5.32 Å². The Kier molecular flexibility index (Phi) is 4.07. The maximum absolute atomic E-state index is 11.5. The molecule has 0 fully saturated rings. The average molecular weight is 238 g/mol. The topological polar surface area (TPSA) is 71.5 Å². The van der Waals surface area contributed by atoms with E-state index in [-0.39, 0.29) is 0 Å². The molecule has 1 rings (SSSR count). The molecule has 1 heterocycles. The van der Waals surface area contributed by atoms with E-state index in [1.165, 1.54) is 0 Å². The molecule has 0 aliphatic carbocycles. The third kappa shape index (κ3) is 4.82. The van der Waals surface area contributed by atoms with Crippen LogP contribution < -0.4 is 5.32 Å². The van der Waals surface area contributed by atoms with Gasteiger partial charge in [-0.2, -0.15) is 0 Å². The highest BCUT2D eigenvalue weighted by Crippen LogP contribution is 2.13. The van der Waals surface area contributed by atoms with Crippen molar-refractivity contribution >= 4 is 11.9 Å². The quantitative estimate of drug-likeness (QED) is 0.830. The number of aliphatic hydroxyl groups is 1. The second-order valence-electron chi connectivity index (χ2n) is 4.75. The van der Waals surface area contributed by atoms with E-state index in [0.29, 0.717) is 11.5 Å². The Hall–Kier alpha value is -1.62. The number of aromatic nitrogens is 1. The third-order valence-corrected chi connectivity index (χ3v) is 1.83. The van der Waals surface area contributed by atoms with Gasteiger partial charge in [0.2, 0.25) is 0 Å². The molecule has 1 aromatic heterocycles. The summed E-state index contributed by atoms with van der Waals surface area (Å²) in [4.78, 5) is 15.6. The van der Waals surface area contributed by atoms with Crippen LogP contribution in [0.5, 0.6) is 0 Å². The van der Waals surface area contributed by atoms with E-state index >= 15 is 0 Å². The Bertz CT molecular complexity index is 397. The first-order valence-corrected chi connectivity index (χ1v) is 5.43. The maximum Gasteiger partial charge on any atom is 0.413 e. The average Bonchev–Trinajstić information content (AvgIpc) is 2.14. The summed E-state index contributed by atoms with van der Waals surface area (Å²) in [5, 5.41) is 11.9. The van der Waals surface area contributed by atoms with Gasteiger partial charge in [-0.15, -0.1) is 0 Å². The summed E-state index contributed by atoms with van der Waals surface area (Å²) in [6.45, 7) is 6.96. The van der Waals surface area contributed by atoms with Crippen LogP contribution in [-0.2, 0) is 4.74 Å². The highest BCUT2D eigenvalue weighted by atomic mass is 16.6. The molecule has 0 bridgehead atoms. The van der Waals surface area contributed by atoms with Gasteiger partial charge in [0.25, 0.3) is 0 Å². The van der Waals surface area contributed by atoms with E-state index in [4.69, 9.17) is 4.74 Å². The molecule has 0 radical (unpaired) electrons. The summed E-state index contributed by atoms with van der Waals surface area (Å²) in [6, 6.07) is 5.03. The van der Waals surface area contributed by atoms with Crippen molar-refractivity contribution in [2.24, 2.45) is 0 Å². The van der Waals surface area contributed by atoms with Gasteiger partial charge in [0.15, 0.2) is 0 Å². The molecular weight excluding hydrogens is 220 g/mol. The standard InChI is InChI=1S/C12H18N2O3/c1-8(15)9-6-5-7-10(13-9)14-11(16)17-12(2,3)4/h5-8,15H,1-4H3,(H,13,14,16). The maximum atomic E-state index is 11.5. The highest BCUT2D eigenvalue weighted by molar-refractivity contribution is 5.83. The SMILES string of the molecule is CC(O)c1cccc(NC(=O)OC(C)(C)C)n1. The van der Waals surface area contributed by atoms with Crippen molar-refractivity contribution < 1.29 is 14.6 Å². The molecule has 0 aliphatic heterocycles. The Morgan fingerprint density at radius 1 is 1.47 bits per heavy atom. The van der Waals surface area contributed by atoms with Gasteiger partial charge in [0.1, 0.15) is 11.4 Å². The molecule has 0 saturated heterocycles. The first-order valence-electron chi connectivity index (χ1n) is 5.43. The van der Waals surface area contributed by atoms with Crippen molar-refractivity contribution in [3.8, 4) is 0 Å². The number of carbonyl (C=O) groups excluding carboxylic acids is 1. The van der Waals surface area contributed by atoms with E-state index in [0.717, 1.165) is 0 Å². The molecule has 5 heteroatoms. The second kappa shape index (κ2) is 5.14. The molecule has 0 saturated carbocycles. The third-order valence-electron chi connectivity index (χ3n) is 1.83. The summed E-state index contributed by atoms with van der Waals surface area (Å²) < 4.78 is 5.09. The Balaban J connectivity index is 2.69. The fourth-order valence-electron chi connectivity index (χ4n) is 1.16. The molecule has 5 nitrogen and oxygen atoms in total. The van der Waals surface area contributed by atoms with Crippen LogP contribution in [0.2, 0.25) is 0 Å². The van der Waals surface area contributed by atoms with Crippen molar-refractivity contribution in [2.45, 2.75) is 39.4 Å². The van der Waals surface area contributed by atoms with E-state index in [1.54, 1.807) is 45.9 Å². The number of hydrogen-bond donors (Lipinski definition) is 2. The minimum atomic E-state index is -0.671. The predicted octanol–water partition coefficient (Wildman–Crippen LogP) is 2.48. The number of nitrogens with zero attached hydrogens (tertiary/aromatic N) is 1. The van der Waals surface area contributed by atoms with Crippen LogP contribution in [0, 0.1) is 0 Å². The van der Waals surface area contributed by atoms with Crippen molar-refractivity contribution in [1.29, 1.82) is 0 Å². The number of anilines is 1. The zero-order chi connectivity index (χ0) is 13.1. The number of aliphatic hydroxyl groups excluding tert-OH is 1. The minimum Gasteiger partial charge on any atom is -0.444 e. The molecule has 1 amide bonds. The van der Waals surface area contributed by atoms with Crippen LogP contribution in [0.4, 0.5) is 10.6 Å². The van der Waals surface area contributed by atoms with Crippen LogP contribution in [0.15, 0.2) is 18.2 Å². The van der Waals surface area contributed by atoms with Gasteiger partial charge >= 0.3 is 6.09 Å². The second-order valence-corrected chi connectivity index (χ2v) is 4.75. The van der Waals surface area contributed by atoms with Gasteiger partial charge < -0.3 is 9.84 Å². The first kappa shape index (κ1) is 13.4.